The fourth-order valence-electron chi connectivity index (χ4n) is 4.82. The average molecular weight is 476 g/mol. The third-order valence-electron chi connectivity index (χ3n) is 6.64. The zero-order valence-electron chi connectivity index (χ0n) is 19.3. The summed E-state index contributed by atoms with van der Waals surface area (Å²) in [5, 5.41) is 12.8. The van der Waals surface area contributed by atoms with Gasteiger partial charge < -0.3 is 10.0 Å². The number of piperidine rings is 1. The van der Waals surface area contributed by atoms with Crippen LogP contribution in [0.2, 0.25) is 0 Å². The molecule has 1 aromatic carbocycles. The predicted molar refractivity (Wildman–Crippen MR) is 130 cm³/mol. The molecule has 2 aromatic heterocycles. The molecule has 6 rings (SSSR count). The van der Waals surface area contributed by atoms with Crippen LogP contribution < -0.4 is 5.32 Å². The van der Waals surface area contributed by atoms with Crippen molar-refractivity contribution in [3.05, 3.63) is 65.6 Å². The van der Waals surface area contributed by atoms with Gasteiger partial charge in [-0.3, -0.25) is 34.6 Å². The largest absolute Gasteiger partial charge is 0.508 e. The first-order valence-corrected chi connectivity index (χ1v) is 11.9. The highest BCUT2D eigenvalue weighted by Crippen LogP contribution is 2.29. The first-order chi connectivity index (χ1) is 17.0. The zero-order chi connectivity index (χ0) is 24.4. The molecule has 1 unspecified atom stereocenters. The Morgan fingerprint density at radius 3 is 2.71 bits per heavy atom. The molecule has 3 aromatic rings. The van der Waals surface area contributed by atoms with Crippen molar-refractivity contribution in [2.75, 3.05) is 13.1 Å². The number of benzene rings is 1. The molecule has 3 aliphatic heterocycles. The lowest BCUT2D eigenvalue weighted by Crippen LogP contribution is -2.52. The highest BCUT2D eigenvalue weighted by Gasteiger charge is 2.39. The summed E-state index contributed by atoms with van der Waals surface area (Å²) >= 11 is 0. The quantitative estimate of drug-likeness (QED) is 0.560. The van der Waals surface area contributed by atoms with Crippen molar-refractivity contribution in [1.82, 2.24) is 25.1 Å². The number of amides is 3. The third kappa shape index (κ3) is 5.00. The van der Waals surface area contributed by atoms with Crippen LogP contribution in [0.15, 0.2) is 48.8 Å². The van der Waals surface area contributed by atoms with E-state index in [1.54, 1.807) is 6.07 Å². The maximum Gasteiger partial charge on any atom is 0.255 e. The van der Waals surface area contributed by atoms with Crippen LogP contribution in [0.1, 0.15) is 48.7 Å². The molecule has 182 valence electrons. The molecule has 0 bridgehead atoms. The molecule has 2 fully saturated rings. The predicted octanol–water partition coefficient (Wildman–Crippen LogP) is 2.62. The van der Waals surface area contributed by atoms with Gasteiger partial charge in [-0.1, -0.05) is 0 Å². The number of hydrogen-bond donors (Lipinski definition) is 2. The van der Waals surface area contributed by atoms with Crippen molar-refractivity contribution in [1.29, 1.82) is 0 Å². The van der Waals surface area contributed by atoms with E-state index in [0.29, 0.717) is 17.5 Å². The number of carbonyl (C=O) groups is 3. The summed E-state index contributed by atoms with van der Waals surface area (Å²) in [7, 11) is 0. The number of hydrogen-bond acceptors (Lipinski definition) is 7. The molecular weight excluding hydrogens is 446 g/mol. The first-order valence-electron chi connectivity index (χ1n) is 11.9. The van der Waals surface area contributed by atoms with E-state index >= 15 is 0 Å². The number of likely N-dealkylation sites (tertiary alicyclic amines) is 1. The summed E-state index contributed by atoms with van der Waals surface area (Å²) < 4.78 is 0. The Labute approximate surface area is 204 Å². The number of nitrogens with one attached hydrogen (secondary N) is 1. The fraction of sp³-hybridized carbons (Fsp3) is 0.346. The van der Waals surface area contributed by atoms with Crippen LogP contribution in [0, 0.1) is 0 Å². The Bertz CT molecular complexity index is 1290. The number of imide groups is 1. The van der Waals surface area contributed by atoms with Crippen LogP contribution in [0.25, 0.3) is 10.9 Å². The summed E-state index contributed by atoms with van der Waals surface area (Å²) in [6.07, 6.45) is 6.99. The van der Waals surface area contributed by atoms with Crippen LogP contribution in [0.5, 0.6) is 5.75 Å². The number of aromatic nitrogens is 2. The number of pyridine rings is 2. The van der Waals surface area contributed by atoms with Crippen LogP contribution in [0.4, 0.5) is 0 Å². The maximum atomic E-state index is 12.2. The fourth-order valence-corrected chi connectivity index (χ4v) is 4.82. The lowest BCUT2D eigenvalue weighted by molar-refractivity contribution is -0.136. The van der Waals surface area contributed by atoms with E-state index in [1.807, 2.05) is 18.5 Å². The number of carbonyl (C=O) groups excluding carboxylic acids is 3. The molecule has 3 aliphatic rings. The van der Waals surface area contributed by atoms with E-state index in [1.165, 1.54) is 43.0 Å². The Balaban J connectivity index is 0.000000167. The summed E-state index contributed by atoms with van der Waals surface area (Å²) in [5.74, 6) is -0.870. The summed E-state index contributed by atoms with van der Waals surface area (Å²) in [6.45, 7) is 3.67. The first kappa shape index (κ1) is 22.9. The van der Waals surface area contributed by atoms with Crippen molar-refractivity contribution >= 4 is 28.6 Å². The van der Waals surface area contributed by atoms with Gasteiger partial charge in [0, 0.05) is 44.3 Å². The number of rotatable bonds is 3. The number of phenolic OH excluding ortho intramolecular Hbond substituents is 1. The van der Waals surface area contributed by atoms with Crippen LogP contribution >= 0.6 is 0 Å². The molecule has 1 atom stereocenters. The molecule has 3 amide bonds. The van der Waals surface area contributed by atoms with Crippen LogP contribution in [-0.2, 0) is 22.7 Å². The van der Waals surface area contributed by atoms with Gasteiger partial charge in [0.1, 0.15) is 11.8 Å². The smallest absolute Gasteiger partial charge is 0.255 e. The van der Waals surface area contributed by atoms with Gasteiger partial charge in [0.05, 0.1) is 11.2 Å². The summed E-state index contributed by atoms with van der Waals surface area (Å²) in [6, 6.07) is 10.0. The highest BCUT2D eigenvalue weighted by atomic mass is 16.3. The molecule has 2 N–H and O–H groups in total. The van der Waals surface area contributed by atoms with E-state index in [0.717, 1.165) is 23.1 Å². The Hall–Kier alpha value is -3.85. The van der Waals surface area contributed by atoms with Gasteiger partial charge >= 0.3 is 0 Å². The molecule has 5 heterocycles. The molecule has 35 heavy (non-hydrogen) atoms. The minimum Gasteiger partial charge on any atom is -0.508 e. The number of phenols is 1. The average Bonchev–Trinajstić information content (AvgIpc) is 3.47. The topological polar surface area (TPSA) is 116 Å². The molecule has 0 saturated carbocycles. The van der Waals surface area contributed by atoms with Crippen molar-refractivity contribution in [2.24, 2.45) is 0 Å². The number of fused-ring (bicyclic) bond motifs is 2. The van der Waals surface area contributed by atoms with E-state index in [9.17, 15) is 19.5 Å². The van der Waals surface area contributed by atoms with Crippen molar-refractivity contribution in [3.63, 3.8) is 0 Å². The number of nitrogens with zero attached hydrogens (tertiary/aromatic N) is 4. The molecule has 9 nitrogen and oxygen atoms in total. The second-order valence-corrected chi connectivity index (χ2v) is 9.10. The van der Waals surface area contributed by atoms with Gasteiger partial charge in [0.15, 0.2) is 0 Å². The minimum atomic E-state index is -0.611. The lowest BCUT2D eigenvalue weighted by atomic mass is 10.0. The molecule has 9 heteroatoms. The number of aromatic hydroxyl groups is 1. The van der Waals surface area contributed by atoms with Gasteiger partial charge in [-0.25, -0.2) is 0 Å². The molecular formula is C26H29N5O4. The molecule has 2 saturated heterocycles. The van der Waals surface area contributed by atoms with Gasteiger partial charge in [0.25, 0.3) is 5.91 Å². The standard InChI is InChI=1S/C13H15N3.C13H12N2O4.H2/c1-2-7-16(6-1)10-12-8-13-11(9-15-12)4-3-5-14-13;16-8-1-2-9-7(5-8)6-15(13(9)19)10-3-4-11(17)14-12(10)18;/h3-5,8-9H,1-2,6-7,10H2;1-2,5,10,16H,3-4,6H2,(H,14,17,18);1H. The van der Waals surface area contributed by atoms with E-state index in [4.69, 9.17) is 0 Å². The monoisotopic (exact) mass is 475 g/mol. The van der Waals surface area contributed by atoms with Gasteiger partial charge in [-0.15, -0.1) is 0 Å². The Kier molecular flexibility index (Phi) is 6.41. The molecule has 0 radical (unpaired) electrons. The zero-order valence-corrected chi connectivity index (χ0v) is 19.3. The highest BCUT2D eigenvalue weighted by molar-refractivity contribution is 6.05. The van der Waals surface area contributed by atoms with E-state index < -0.39 is 11.9 Å². The van der Waals surface area contributed by atoms with Crippen molar-refractivity contribution in [2.45, 2.75) is 44.8 Å². The Morgan fingerprint density at radius 2 is 1.91 bits per heavy atom. The minimum absolute atomic E-state index is 0. The van der Waals surface area contributed by atoms with Crippen LogP contribution in [0.3, 0.4) is 0 Å². The lowest BCUT2D eigenvalue weighted by Gasteiger charge is -2.29. The van der Waals surface area contributed by atoms with Crippen LogP contribution in [-0.4, -0.2) is 61.7 Å². The van der Waals surface area contributed by atoms with Gasteiger partial charge in [0.2, 0.25) is 11.8 Å². The van der Waals surface area contributed by atoms with Crippen molar-refractivity contribution < 1.29 is 20.9 Å². The van der Waals surface area contributed by atoms with Gasteiger partial charge in [-0.05, 0) is 74.3 Å². The molecule has 0 aliphatic carbocycles. The van der Waals surface area contributed by atoms with Crippen molar-refractivity contribution in [3.8, 4) is 5.75 Å². The summed E-state index contributed by atoms with van der Waals surface area (Å²) in [5.41, 5.74) is 3.39. The second-order valence-electron chi connectivity index (χ2n) is 9.10. The third-order valence-corrected chi connectivity index (χ3v) is 6.64. The van der Waals surface area contributed by atoms with E-state index in [-0.39, 0.29) is 32.0 Å². The normalized spacial score (nSPS) is 19.9. The maximum absolute atomic E-state index is 12.2. The Morgan fingerprint density at radius 1 is 1.09 bits per heavy atom. The molecule has 0 spiro atoms. The second kappa shape index (κ2) is 9.79. The van der Waals surface area contributed by atoms with E-state index in [2.05, 4.69) is 32.3 Å². The summed E-state index contributed by atoms with van der Waals surface area (Å²) in [4.78, 5) is 47.9. The van der Waals surface area contributed by atoms with Gasteiger partial charge in [-0.2, -0.15) is 0 Å². The SMILES string of the molecule is O=C1CCC(N2Cc3cc(O)ccc3C2=O)C(=O)N1.[HH].c1cnc2cc(CN3CCCC3)ncc2c1.